The summed E-state index contributed by atoms with van der Waals surface area (Å²) >= 11 is 0. The minimum Gasteiger partial charge on any atom is -0.459 e. The first-order valence-corrected chi connectivity index (χ1v) is 12.7. The third-order valence-electron chi connectivity index (χ3n) is 6.64. The predicted octanol–water partition coefficient (Wildman–Crippen LogP) is 4.38. The number of nitrogens with one attached hydrogen (secondary N) is 2. The maximum Gasteiger partial charge on any atom is 0.407 e. The molecule has 8 heteroatoms. The van der Waals surface area contributed by atoms with Gasteiger partial charge in [0, 0.05) is 11.6 Å². The van der Waals surface area contributed by atoms with Crippen LogP contribution in [0, 0.1) is 5.92 Å². The van der Waals surface area contributed by atoms with E-state index in [4.69, 9.17) is 15.2 Å². The first-order valence-electron chi connectivity index (χ1n) is 12.7. The molecular formula is C30H33N3O5. The Bertz CT molecular complexity index is 1260. The Morgan fingerprint density at radius 2 is 1.39 bits per heavy atom. The molecule has 2 atom stereocenters. The Labute approximate surface area is 222 Å². The number of nitrogens with two attached hydrogens (primary N) is 1. The Balaban J connectivity index is 1.31. The van der Waals surface area contributed by atoms with Crippen molar-refractivity contribution in [2.75, 3.05) is 12.3 Å². The zero-order valence-electron chi connectivity index (χ0n) is 21.8. The maximum atomic E-state index is 12.9. The second kappa shape index (κ2) is 11.8. The highest BCUT2D eigenvalue weighted by atomic mass is 16.5. The van der Waals surface area contributed by atoms with E-state index in [2.05, 4.69) is 22.8 Å². The van der Waals surface area contributed by atoms with Gasteiger partial charge in [0.25, 0.3) is 0 Å². The van der Waals surface area contributed by atoms with Crippen LogP contribution in [0.1, 0.15) is 43.4 Å². The first-order chi connectivity index (χ1) is 18.2. The largest absolute Gasteiger partial charge is 0.459 e. The summed E-state index contributed by atoms with van der Waals surface area (Å²) in [4.78, 5) is 38.1. The van der Waals surface area contributed by atoms with E-state index in [1.165, 1.54) is 6.92 Å². The van der Waals surface area contributed by atoms with Gasteiger partial charge >= 0.3 is 12.1 Å². The summed E-state index contributed by atoms with van der Waals surface area (Å²) in [5.41, 5.74) is 11.5. The van der Waals surface area contributed by atoms with Crippen LogP contribution in [-0.2, 0) is 25.7 Å². The molecule has 0 aromatic heterocycles. The number of benzene rings is 3. The molecule has 8 nitrogen and oxygen atoms in total. The summed E-state index contributed by atoms with van der Waals surface area (Å²) < 4.78 is 10.9. The number of alkyl carbamates (subject to hydrolysis) is 1. The van der Waals surface area contributed by atoms with E-state index >= 15 is 0 Å². The molecule has 0 spiro atoms. The topological polar surface area (TPSA) is 120 Å². The summed E-state index contributed by atoms with van der Waals surface area (Å²) in [6, 6.07) is 21.3. The number of hydrogen-bond acceptors (Lipinski definition) is 6. The fourth-order valence-electron chi connectivity index (χ4n) is 4.56. The van der Waals surface area contributed by atoms with Gasteiger partial charge < -0.3 is 25.8 Å². The van der Waals surface area contributed by atoms with Gasteiger partial charge in [0.15, 0.2) is 0 Å². The van der Waals surface area contributed by atoms with E-state index in [1.54, 1.807) is 38.1 Å². The van der Waals surface area contributed by atoms with Gasteiger partial charge in [-0.2, -0.15) is 0 Å². The SMILES string of the molecule is CC(C)[C@H](NC(=O)OCC1c2ccccc2-c2ccccc21)C(=O)N[C@@H](C)C(=O)OCc1ccc(N)cc1. The number of carbonyl (C=O) groups excluding carboxylic acids is 3. The number of ether oxygens (including phenoxy) is 2. The van der Waals surface area contributed by atoms with E-state index in [9.17, 15) is 14.4 Å². The summed E-state index contributed by atoms with van der Waals surface area (Å²) in [5.74, 6) is -1.41. The standard InChI is InChI=1S/C30H33N3O5/c1-18(2)27(28(34)32-19(3)29(35)37-16-20-12-14-21(31)15-13-20)33-30(36)38-17-26-24-10-6-4-8-22(24)23-9-5-7-11-25(23)26/h4-15,18-19,26-27H,16-17,31H2,1-3H3,(H,32,34)(H,33,36)/t19-,27-/m0/s1. The molecule has 0 unspecified atom stereocenters. The van der Waals surface area contributed by atoms with Crippen molar-refractivity contribution in [3.63, 3.8) is 0 Å². The van der Waals surface area contributed by atoms with Crippen molar-refractivity contribution in [1.29, 1.82) is 0 Å². The molecule has 198 valence electrons. The molecule has 4 rings (SSSR count). The van der Waals surface area contributed by atoms with Crippen LogP contribution in [0.15, 0.2) is 72.8 Å². The third-order valence-corrected chi connectivity index (χ3v) is 6.64. The molecule has 3 aromatic carbocycles. The highest BCUT2D eigenvalue weighted by molar-refractivity contribution is 5.89. The van der Waals surface area contributed by atoms with Crippen molar-refractivity contribution in [3.8, 4) is 11.1 Å². The lowest BCUT2D eigenvalue weighted by atomic mass is 9.98. The van der Waals surface area contributed by atoms with Gasteiger partial charge in [0.05, 0.1) is 0 Å². The maximum absolute atomic E-state index is 12.9. The summed E-state index contributed by atoms with van der Waals surface area (Å²) in [5, 5.41) is 5.29. The van der Waals surface area contributed by atoms with Crippen LogP contribution in [0.4, 0.5) is 10.5 Å². The number of nitrogen functional groups attached to an aromatic ring is 1. The first kappa shape index (κ1) is 26.7. The monoisotopic (exact) mass is 515 g/mol. The summed E-state index contributed by atoms with van der Waals surface area (Å²) in [6.45, 7) is 5.34. The van der Waals surface area contributed by atoms with Gasteiger partial charge in [-0.15, -0.1) is 0 Å². The Morgan fingerprint density at radius 3 is 1.97 bits per heavy atom. The quantitative estimate of drug-likeness (QED) is 0.287. The molecule has 0 radical (unpaired) electrons. The third kappa shape index (κ3) is 6.14. The Kier molecular flexibility index (Phi) is 8.31. The molecule has 4 N–H and O–H groups in total. The van der Waals surface area contributed by atoms with E-state index in [1.807, 2.05) is 36.4 Å². The second-order valence-corrected chi connectivity index (χ2v) is 9.77. The number of carbonyl (C=O) groups is 3. The second-order valence-electron chi connectivity index (χ2n) is 9.77. The Hall–Kier alpha value is -4.33. The molecule has 1 aliphatic carbocycles. The van der Waals surface area contributed by atoms with Crippen molar-refractivity contribution >= 4 is 23.7 Å². The van der Waals surface area contributed by atoms with Crippen molar-refractivity contribution in [1.82, 2.24) is 10.6 Å². The molecule has 0 aliphatic heterocycles. The van der Waals surface area contributed by atoms with Gasteiger partial charge in [-0.1, -0.05) is 74.5 Å². The molecule has 1 aliphatic rings. The van der Waals surface area contributed by atoms with Crippen LogP contribution >= 0.6 is 0 Å². The van der Waals surface area contributed by atoms with E-state index in [-0.39, 0.29) is 25.0 Å². The van der Waals surface area contributed by atoms with Gasteiger partial charge in [0.2, 0.25) is 5.91 Å². The normalized spacial score (nSPS) is 13.7. The lowest BCUT2D eigenvalue weighted by Gasteiger charge is -2.24. The number of hydrogen-bond donors (Lipinski definition) is 3. The van der Waals surface area contributed by atoms with Crippen LogP contribution in [-0.4, -0.2) is 36.7 Å². The van der Waals surface area contributed by atoms with Gasteiger partial charge in [-0.25, -0.2) is 9.59 Å². The van der Waals surface area contributed by atoms with Gasteiger partial charge in [-0.3, -0.25) is 4.79 Å². The lowest BCUT2D eigenvalue weighted by Crippen LogP contribution is -2.53. The molecule has 0 bridgehead atoms. The van der Waals surface area contributed by atoms with Crippen molar-refractivity contribution < 1.29 is 23.9 Å². The highest BCUT2D eigenvalue weighted by Gasteiger charge is 2.31. The zero-order valence-corrected chi connectivity index (χ0v) is 21.8. The highest BCUT2D eigenvalue weighted by Crippen LogP contribution is 2.44. The van der Waals surface area contributed by atoms with E-state index in [0.29, 0.717) is 5.69 Å². The van der Waals surface area contributed by atoms with Crippen LogP contribution in [0.3, 0.4) is 0 Å². The predicted molar refractivity (Wildman–Crippen MR) is 145 cm³/mol. The number of amides is 2. The number of anilines is 1. The van der Waals surface area contributed by atoms with Gasteiger partial charge in [-0.05, 0) is 52.8 Å². The average Bonchev–Trinajstić information content (AvgIpc) is 3.23. The molecule has 0 saturated carbocycles. The van der Waals surface area contributed by atoms with Crippen LogP contribution < -0.4 is 16.4 Å². The molecule has 0 fully saturated rings. The summed E-state index contributed by atoms with van der Waals surface area (Å²) in [7, 11) is 0. The van der Waals surface area contributed by atoms with Crippen LogP contribution in [0.2, 0.25) is 0 Å². The van der Waals surface area contributed by atoms with Crippen LogP contribution in [0.5, 0.6) is 0 Å². The van der Waals surface area contributed by atoms with Crippen molar-refractivity contribution in [3.05, 3.63) is 89.5 Å². The summed E-state index contributed by atoms with van der Waals surface area (Å²) in [6.07, 6.45) is -0.695. The molecule has 0 saturated heterocycles. The minimum atomic E-state index is -0.901. The number of rotatable bonds is 9. The number of fused-ring (bicyclic) bond motifs is 3. The van der Waals surface area contributed by atoms with Crippen molar-refractivity contribution in [2.24, 2.45) is 5.92 Å². The van der Waals surface area contributed by atoms with Gasteiger partial charge in [0.1, 0.15) is 25.3 Å². The number of esters is 1. The molecule has 3 aromatic rings. The lowest BCUT2D eigenvalue weighted by molar-refractivity contribution is -0.148. The molecular weight excluding hydrogens is 482 g/mol. The fourth-order valence-corrected chi connectivity index (χ4v) is 4.56. The minimum absolute atomic E-state index is 0.0604. The zero-order chi connectivity index (χ0) is 27.2. The van der Waals surface area contributed by atoms with Crippen molar-refractivity contribution in [2.45, 2.75) is 45.4 Å². The molecule has 0 heterocycles. The van der Waals surface area contributed by atoms with E-state index in [0.717, 1.165) is 27.8 Å². The molecule has 2 amide bonds. The fraction of sp³-hybridized carbons (Fsp3) is 0.300. The van der Waals surface area contributed by atoms with E-state index < -0.39 is 30.1 Å². The molecule has 38 heavy (non-hydrogen) atoms. The van der Waals surface area contributed by atoms with Crippen LogP contribution in [0.25, 0.3) is 11.1 Å². The Morgan fingerprint density at radius 1 is 0.816 bits per heavy atom. The smallest absolute Gasteiger partial charge is 0.407 e. The average molecular weight is 516 g/mol.